The first-order chi connectivity index (χ1) is 16.1. The molecule has 1 aliphatic heterocycles. The van der Waals surface area contributed by atoms with Crippen LogP contribution >= 0.6 is 0 Å². The average molecular weight is 444 g/mol. The number of phenolic OH excluding ortho intramolecular Hbond substituents is 1. The van der Waals surface area contributed by atoms with Gasteiger partial charge in [0.25, 0.3) is 0 Å². The molecule has 166 valence electrons. The van der Waals surface area contributed by atoms with E-state index in [1.54, 1.807) is 59.9 Å². The van der Waals surface area contributed by atoms with Crippen molar-refractivity contribution in [3.63, 3.8) is 0 Å². The van der Waals surface area contributed by atoms with Crippen molar-refractivity contribution >= 4 is 11.4 Å². The van der Waals surface area contributed by atoms with E-state index in [2.05, 4.69) is 20.4 Å². The van der Waals surface area contributed by atoms with E-state index in [1.165, 1.54) is 17.1 Å². The number of aliphatic hydroxyl groups excluding tert-OH is 1. The van der Waals surface area contributed by atoms with Crippen LogP contribution in [0.5, 0.6) is 5.75 Å². The fraction of sp³-hybridized carbons (Fsp3) is 0.125. The second-order valence-electron chi connectivity index (χ2n) is 7.60. The number of anilines is 1. The molecule has 8 nitrogen and oxygen atoms in total. The highest BCUT2D eigenvalue weighted by Crippen LogP contribution is 2.38. The quantitative estimate of drug-likeness (QED) is 0.393. The van der Waals surface area contributed by atoms with Crippen LogP contribution in [-0.2, 0) is 0 Å². The highest BCUT2D eigenvalue weighted by molar-refractivity contribution is 6.01. The smallest absolute Gasteiger partial charge is 0.221 e. The van der Waals surface area contributed by atoms with Crippen molar-refractivity contribution in [2.45, 2.75) is 18.8 Å². The summed E-state index contributed by atoms with van der Waals surface area (Å²) in [6.07, 6.45) is 7.44. The molecule has 0 saturated heterocycles. The molecular formula is C24H21FN6O2. The van der Waals surface area contributed by atoms with Crippen LogP contribution in [0.1, 0.15) is 23.6 Å². The van der Waals surface area contributed by atoms with Crippen molar-refractivity contribution in [3.8, 4) is 11.4 Å². The zero-order chi connectivity index (χ0) is 22.8. The van der Waals surface area contributed by atoms with Gasteiger partial charge < -0.3 is 20.1 Å². The van der Waals surface area contributed by atoms with Crippen molar-refractivity contribution < 1.29 is 14.6 Å². The Bertz CT molecular complexity index is 1280. The number of imidazole rings is 1. The van der Waals surface area contributed by atoms with Crippen LogP contribution in [0.3, 0.4) is 0 Å². The number of pyridine rings is 1. The van der Waals surface area contributed by atoms with Crippen LogP contribution < -0.4 is 5.32 Å². The van der Waals surface area contributed by atoms with E-state index in [4.69, 9.17) is 0 Å². The molecular weight excluding hydrogens is 423 g/mol. The summed E-state index contributed by atoms with van der Waals surface area (Å²) < 4.78 is 15.8. The maximum atomic E-state index is 14.1. The number of para-hydroxylation sites is 1. The molecule has 0 saturated carbocycles. The Hall–Kier alpha value is -4.24. The number of nitrogens with zero attached hydrogens (tertiary/aromatic N) is 5. The molecule has 4 aromatic rings. The van der Waals surface area contributed by atoms with E-state index in [0.717, 1.165) is 5.56 Å². The summed E-state index contributed by atoms with van der Waals surface area (Å²) in [5.41, 5.74) is 3.13. The fourth-order valence-corrected chi connectivity index (χ4v) is 3.94. The molecule has 0 radical (unpaired) electrons. The second-order valence-corrected chi connectivity index (χ2v) is 7.60. The zero-order valence-corrected chi connectivity index (χ0v) is 17.5. The van der Waals surface area contributed by atoms with E-state index in [0.29, 0.717) is 29.1 Å². The summed E-state index contributed by atoms with van der Waals surface area (Å²) in [6, 6.07) is 14.4. The summed E-state index contributed by atoms with van der Waals surface area (Å²) >= 11 is 0. The third-order valence-electron chi connectivity index (χ3n) is 5.51. The van der Waals surface area contributed by atoms with Gasteiger partial charge in [-0.3, -0.25) is 4.98 Å². The van der Waals surface area contributed by atoms with Gasteiger partial charge in [-0.05, 0) is 30.3 Å². The lowest BCUT2D eigenvalue weighted by atomic mass is 9.98. The minimum absolute atomic E-state index is 0.104. The molecule has 2 atom stereocenters. The van der Waals surface area contributed by atoms with Gasteiger partial charge in [0.2, 0.25) is 6.35 Å². The predicted octanol–water partition coefficient (Wildman–Crippen LogP) is 3.65. The number of rotatable bonds is 6. The molecule has 0 amide bonds. The van der Waals surface area contributed by atoms with Crippen molar-refractivity contribution in [3.05, 3.63) is 103 Å². The van der Waals surface area contributed by atoms with Crippen LogP contribution in [0.25, 0.3) is 5.69 Å². The van der Waals surface area contributed by atoms with Gasteiger partial charge in [0, 0.05) is 42.3 Å². The van der Waals surface area contributed by atoms with Crippen LogP contribution in [0.4, 0.5) is 10.1 Å². The van der Waals surface area contributed by atoms with Gasteiger partial charge in [-0.1, -0.05) is 24.3 Å². The average Bonchev–Trinajstić information content (AvgIpc) is 3.51. The molecule has 33 heavy (non-hydrogen) atoms. The topological polar surface area (TPSA) is 98.8 Å². The van der Waals surface area contributed by atoms with Crippen LogP contribution in [0.2, 0.25) is 0 Å². The number of hydrogen-bond acceptors (Lipinski definition) is 7. The van der Waals surface area contributed by atoms with Crippen molar-refractivity contribution in [1.82, 2.24) is 19.5 Å². The molecule has 3 heterocycles. The number of hydrogen-bond donors (Lipinski definition) is 3. The number of nitrogens with one attached hydrogen (secondary N) is 1. The van der Waals surface area contributed by atoms with Crippen molar-refractivity contribution in [2.24, 2.45) is 5.10 Å². The molecule has 0 spiro atoms. The molecule has 1 aliphatic rings. The first-order valence-electron chi connectivity index (χ1n) is 10.4. The van der Waals surface area contributed by atoms with Gasteiger partial charge in [-0.25, -0.2) is 14.4 Å². The number of aromatic nitrogens is 3. The third-order valence-corrected chi connectivity index (χ3v) is 5.51. The number of hydrazone groups is 1. The summed E-state index contributed by atoms with van der Waals surface area (Å²) in [5, 5.41) is 30.7. The SMILES string of the molecule is Oc1ccccc1C1CC(c2cccnc2)=NN1C(O)Nc1cc(F)ccc1-n1ccnc1. The summed E-state index contributed by atoms with van der Waals surface area (Å²) in [5.74, 6) is -0.348. The van der Waals surface area contributed by atoms with Crippen LogP contribution in [-0.4, -0.2) is 41.8 Å². The lowest BCUT2D eigenvalue weighted by Crippen LogP contribution is -2.38. The third kappa shape index (κ3) is 4.13. The first-order valence-corrected chi connectivity index (χ1v) is 10.4. The second kappa shape index (κ2) is 8.71. The Morgan fingerprint density at radius 2 is 1.94 bits per heavy atom. The standard InChI is InChI=1S/C24H21FN6O2/c25-17-7-8-21(30-11-10-27-15-30)20(12-17)28-24(33)31-22(18-5-1-2-6-23(18)32)13-19(29-31)16-4-3-9-26-14-16/h1-12,14-15,22,24,28,32-33H,13H2. The maximum absolute atomic E-state index is 14.1. The van der Waals surface area contributed by atoms with Crippen molar-refractivity contribution in [1.29, 1.82) is 0 Å². The Balaban J connectivity index is 1.51. The number of halogens is 1. The minimum Gasteiger partial charge on any atom is -0.508 e. The van der Waals surface area contributed by atoms with Crippen LogP contribution in [0, 0.1) is 5.82 Å². The number of aliphatic hydroxyl groups is 1. The first kappa shape index (κ1) is 20.7. The van der Waals surface area contributed by atoms with Gasteiger partial charge in [0.15, 0.2) is 0 Å². The highest BCUT2D eigenvalue weighted by Gasteiger charge is 2.34. The van der Waals surface area contributed by atoms with E-state index < -0.39 is 18.2 Å². The lowest BCUT2D eigenvalue weighted by Gasteiger charge is -2.30. The van der Waals surface area contributed by atoms with Gasteiger partial charge in [-0.2, -0.15) is 5.10 Å². The lowest BCUT2D eigenvalue weighted by molar-refractivity contribution is 0.00559. The molecule has 0 bridgehead atoms. The number of phenols is 1. The van der Waals surface area contributed by atoms with Gasteiger partial charge in [-0.15, -0.1) is 0 Å². The monoisotopic (exact) mass is 444 g/mol. The summed E-state index contributed by atoms with van der Waals surface area (Å²) in [7, 11) is 0. The Morgan fingerprint density at radius 1 is 1.06 bits per heavy atom. The van der Waals surface area contributed by atoms with Gasteiger partial charge in [0.1, 0.15) is 11.6 Å². The Labute approximate surface area is 189 Å². The highest BCUT2D eigenvalue weighted by atomic mass is 19.1. The minimum atomic E-state index is -1.31. The molecule has 9 heteroatoms. The molecule has 5 rings (SSSR count). The molecule has 2 aromatic heterocycles. The normalized spacial score (nSPS) is 16.5. The summed E-state index contributed by atoms with van der Waals surface area (Å²) in [4.78, 5) is 8.19. The summed E-state index contributed by atoms with van der Waals surface area (Å²) in [6.45, 7) is 0. The maximum Gasteiger partial charge on any atom is 0.221 e. The van der Waals surface area contributed by atoms with Crippen LogP contribution in [0.15, 0.2) is 90.8 Å². The molecule has 2 aromatic carbocycles. The molecule has 3 N–H and O–H groups in total. The number of aromatic hydroxyl groups is 1. The zero-order valence-electron chi connectivity index (χ0n) is 17.5. The van der Waals surface area contributed by atoms with E-state index in [9.17, 15) is 14.6 Å². The number of benzene rings is 2. The van der Waals surface area contributed by atoms with E-state index >= 15 is 0 Å². The fourth-order valence-electron chi connectivity index (χ4n) is 3.94. The van der Waals surface area contributed by atoms with Gasteiger partial charge >= 0.3 is 0 Å². The predicted molar refractivity (Wildman–Crippen MR) is 121 cm³/mol. The molecule has 2 unspecified atom stereocenters. The largest absolute Gasteiger partial charge is 0.508 e. The van der Waals surface area contributed by atoms with Gasteiger partial charge in [0.05, 0.1) is 29.5 Å². The van der Waals surface area contributed by atoms with E-state index in [1.807, 2.05) is 18.2 Å². The Kier molecular flexibility index (Phi) is 5.45. The van der Waals surface area contributed by atoms with Crippen molar-refractivity contribution in [2.75, 3.05) is 5.32 Å². The Morgan fingerprint density at radius 3 is 2.70 bits per heavy atom. The molecule has 0 aliphatic carbocycles. The van der Waals surface area contributed by atoms with E-state index in [-0.39, 0.29) is 5.75 Å². The molecule has 0 fully saturated rings.